The zero-order chi connectivity index (χ0) is 20.2. The first-order chi connectivity index (χ1) is 14.1. The Balaban J connectivity index is 1.40. The fourth-order valence-electron chi connectivity index (χ4n) is 3.84. The molecular formula is C22H28N4O3. The van der Waals surface area contributed by atoms with Crippen molar-refractivity contribution in [2.24, 2.45) is 0 Å². The normalized spacial score (nSPS) is 16.5. The number of hydrogen-bond acceptors (Lipinski definition) is 5. The first-order valence-corrected chi connectivity index (χ1v) is 10.1. The van der Waals surface area contributed by atoms with Crippen LogP contribution in [0.15, 0.2) is 42.5 Å². The van der Waals surface area contributed by atoms with Gasteiger partial charge >= 0.3 is 6.03 Å². The average Bonchev–Trinajstić information content (AvgIpc) is 3.40. The summed E-state index contributed by atoms with van der Waals surface area (Å²) in [4.78, 5) is 17.0. The maximum Gasteiger partial charge on any atom is 0.319 e. The highest BCUT2D eigenvalue weighted by Crippen LogP contribution is 2.34. The van der Waals surface area contributed by atoms with Crippen LogP contribution in [0.2, 0.25) is 0 Å². The van der Waals surface area contributed by atoms with Gasteiger partial charge in [-0.3, -0.25) is 4.90 Å². The maximum absolute atomic E-state index is 12.5. The lowest BCUT2D eigenvalue weighted by atomic mass is 10.0. The van der Waals surface area contributed by atoms with Crippen LogP contribution in [0.25, 0.3) is 0 Å². The van der Waals surface area contributed by atoms with E-state index in [-0.39, 0.29) is 18.9 Å². The zero-order valence-electron chi connectivity index (χ0n) is 17.0. The van der Waals surface area contributed by atoms with Crippen LogP contribution in [0.5, 0.6) is 11.5 Å². The molecule has 0 spiro atoms. The highest BCUT2D eigenvalue weighted by atomic mass is 16.7. The van der Waals surface area contributed by atoms with Gasteiger partial charge in [-0.15, -0.1) is 0 Å². The van der Waals surface area contributed by atoms with Crippen LogP contribution in [-0.2, 0) is 0 Å². The standard InChI is InChI=1S/C22H28N4O3/c1-25(2)18-8-5-16(6-9-18)19(26-11-3-4-12-26)14-23-22(27)24-17-7-10-20-21(13-17)29-15-28-20/h5-10,13,19H,3-4,11-12,14-15H2,1-2H3,(H2,23,24,27). The summed E-state index contributed by atoms with van der Waals surface area (Å²) in [6, 6.07) is 13.9. The van der Waals surface area contributed by atoms with Crippen molar-refractivity contribution in [1.29, 1.82) is 0 Å². The summed E-state index contributed by atoms with van der Waals surface area (Å²) in [6.45, 7) is 2.89. The molecule has 2 aliphatic rings. The fraction of sp³-hybridized carbons (Fsp3) is 0.409. The molecule has 1 saturated heterocycles. The van der Waals surface area contributed by atoms with Crippen LogP contribution in [0.1, 0.15) is 24.4 Å². The summed E-state index contributed by atoms with van der Waals surface area (Å²) in [5.74, 6) is 1.35. The molecule has 0 bridgehead atoms. The summed E-state index contributed by atoms with van der Waals surface area (Å²) in [5.41, 5.74) is 3.07. The van der Waals surface area contributed by atoms with Gasteiger partial charge in [0.25, 0.3) is 0 Å². The van der Waals surface area contributed by atoms with Gasteiger partial charge in [-0.25, -0.2) is 4.79 Å². The number of carbonyl (C=O) groups excluding carboxylic acids is 1. The van der Waals surface area contributed by atoms with E-state index in [4.69, 9.17) is 9.47 Å². The molecule has 1 atom stereocenters. The Morgan fingerprint density at radius 3 is 2.52 bits per heavy atom. The monoisotopic (exact) mass is 396 g/mol. The largest absolute Gasteiger partial charge is 0.454 e. The molecule has 7 nitrogen and oxygen atoms in total. The van der Waals surface area contributed by atoms with E-state index in [2.05, 4.69) is 44.7 Å². The van der Waals surface area contributed by atoms with Crippen molar-refractivity contribution in [2.45, 2.75) is 18.9 Å². The minimum atomic E-state index is -0.224. The summed E-state index contributed by atoms with van der Waals surface area (Å²) in [6.07, 6.45) is 2.41. The van der Waals surface area contributed by atoms with E-state index in [1.54, 1.807) is 12.1 Å². The summed E-state index contributed by atoms with van der Waals surface area (Å²) < 4.78 is 10.7. The second-order valence-electron chi connectivity index (χ2n) is 7.65. The quantitative estimate of drug-likeness (QED) is 0.783. The Hall–Kier alpha value is -2.93. The van der Waals surface area contributed by atoms with Crippen LogP contribution < -0.4 is 25.0 Å². The van der Waals surface area contributed by atoms with Crippen LogP contribution in [0.4, 0.5) is 16.2 Å². The zero-order valence-corrected chi connectivity index (χ0v) is 17.0. The lowest BCUT2D eigenvalue weighted by Crippen LogP contribution is -2.38. The van der Waals surface area contributed by atoms with Crippen LogP contribution in [0, 0.1) is 0 Å². The Labute approximate surface area is 171 Å². The van der Waals surface area contributed by atoms with Crippen molar-refractivity contribution in [3.05, 3.63) is 48.0 Å². The van der Waals surface area contributed by atoms with Gasteiger partial charge in [0.1, 0.15) is 0 Å². The Bertz CT molecular complexity index is 848. The van der Waals surface area contributed by atoms with Gasteiger partial charge in [0.15, 0.2) is 11.5 Å². The first-order valence-electron chi connectivity index (χ1n) is 10.1. The Morgan fingerprint density at radius 1 is 1.07 bits per heavy atom. The number of amides is 2. The smallest absolute Gasteiger partial charge is 0.319 e. The molecule has 1 unspecified atom stereocenters. The van der Waals surface area contributed by atoms with Crippen LogP contribution >= 0.6 is 0 Å². The van der Waals surface area contributed by atoms with Gasteiger partial charge in [0.2, 0.25) is 6.79 Å². The van der Waals surface area contributed by atoms with Gasteiger partial charge in [0.05, 0.1) is 6.04 Å². The number of ether oxygens (including phenoxy) is 2. The predicted octanol–water partition coefficient (Wildman–Crippen LogP) is 3.44. The number of nitrogens with zero attached hydrogens (tertiary/aromatic N) is 2. The number of anilines is 2. The molecular weight excluding hydrogens is 368 g/mol. The van der Waals surface area contributed by atoms with E-state index in [1.807, 2.05) is 20.2 Å². The van der Waals surface area contributed by atoms with E-state index in [9.17, 15) is 4.79 Å². The predicted molar refractivity (Wildman–Crippen MR) is 114 cm³/mol. The molecule has 154 valence electrons. The molecule has 2 heterocycles. The molecule has 4 rings (SSSR count). The Morgan fingerprint density at radius 2 is 1.79 bits per heavy atom. The molecule has 7 heteroatoms. The van der Waals surface area contributed by atoms with Crippen molar-refractivity contribution < 1.29 is 14.3 Å². The number of hydrogen-bond donors (Lipinski definition) is 2. The molecule has 2 amide bonds. The lowest BCUT2D eigenvalue weighted by Gasteiger charge is -2.28. The molecule has 1 fully saturated rings. The summed E-state index contributed by atoms with van der Waals surface area (Å²) in [7, 11) is 4.07. The van der Waals surface area contributed by atoms with Crippen molar-refractivity contribution in [3.8, 4) is 11.5 Å². The van der Waals surface area contributed by atoms with E-state index in [0.29, 0.717) is 23.7 Å². The number of likely N-dealkylation sites (tertiary alicyclic amines) is 1. The highest BCUT2D eigenvalue weighted by molar-refractivity contribution is 5.89. The van der Waals surface area contributed by atoms with E-state index >= 15 is 0 Å². The summed E-state index contributed by atoms with van der Waals surface area (Å²) in [5, 5.41) is 5.92. The van der Waals surface area contributed by atoms with Gasteiger partial charge in [0, 0.05) is 38.1 Å². The van der Waals surface area contributed by atoms with E-state index < -0.39 is 0 Å². The molecule has 0 aromatic heterocycles. The molecule has 29 heavy (non-hydrogen) atoms. The first kappa shape index (κ1) is 19.4. The van der Waals surface area contributed by atoms with Crippen molar-refractivity contribution >= 4 is 17.4 Å². The molecule has 2 aromatic rings. The molecule has 0 radical (unpaired) electrons. The minimum absolute atomic E-state index is 0.163. The van der Waals surface area contributed by atoms with Crippen LogP contribution in [-0.4, -0.2) is 51.5 Å². The molecule has 2 aromatic carbocycles. The number of benzene rings is 2. The third-order valence-electron chi connectivity index (χ3n) is 5.46. The second-order valence-corrected chi connectivity index (χ2v) is 7.65. The van der Waals surface area contributed by atoms with E-state index in [0.717, 1.165) is 13.1 Å². The van der Waals surface area contributed by atoms with Gasteiger partial charge in [-0.1, -0.05) is 12.1 Å². The van der Waals surface area contributed by atoms with Crippen molar-refractivity contribution in [1.82, 2.24) is 10.2 Å². The molecule has 2 N–H and O–H groups in total. The molecule has 0 aliphatic carbocycles. The SMILES string of the molecule is CN(C)c1ccc(C(CNC(=O)Nc2ccc3c(c2)OCO3)N2CCCC2)cc1. The minimum Gasteiger partial charge on any atom is -0.454 e. The Kier molecular flexibility index (Phi) is 5.76. The second kappa shape index (κ2) is 8.61. The maximum atomic E-state index is 12.5. The van der Waals surface area contributed by atoms with Crippen molar-refractivity contribution in [2.75, 3.05) is 50.7 Å². The summed E-state index contributed by atoms with van der Waals surface area (Å²) >= 11 is 0. The van der Waals surface area contributed by atoms with Crippen molar-refractivity contribution in [3.63, 3.8) is 0 Å². The number of nitrogens with one attached hydrogen (secondary N) is 2. The van der Waals surface area contributed by atoms with Gasteiger partial charge in [-0.2, -0.15) is 0 Å². The van der Waals surface area contributed by atoms with Crippen LogP contribution in [0.3, 0.4) is 0 Å². The van der Waals surface area contributed by atoms with Gasteiger partial charge in [-0.05, 0) is 55.8 Å². The topological polar surface area (TPSA) is 66.1 Å². The molecule has 2 aliphatic heterocycles. The third kappa shape index (κ3) is 4.56. The number of fused-ring (bicyclic) bond motifs is 1. The van der Waals surface area contributed by atoms with Gasteiger partial charge < -0.3 is 25.0 Å². The average molecular weight is 396 g/mol. The number of rotatable bonds is 6. The number of carbonyl (C=O) groups is 1. The fourth-order valence-corrected chi connectivity index (χ4v) is 3.84. The number of urea groups is 1. The lowest BCUT2D eigenvalue weighted by molar-refractivity contribution is 0.174. The highest BCUT2D eigenvalue weighted by Gasteiger charge is 2.24. The molecule has 0 saturated carbocycles. The third-order valence-corrected chi connectivity index (χ3v) is 5.46. The van der Waals surface area contributed by atoms with E-state index in [1.165, 1.54) is 24.1 Å².